The van der Waals surface area contributed by atoms with E-state index in [1.165, 1.54) is 43.5 Å². The number of rotatable bonds is 2. The lowest BCUT2D eigenvalue weighted by molar-refractivity contribution is -0.137. The molecule has 110 valence electrons. The number of phenolic OH excluding ortho intramolecular Hbond substituents is 1. The number of ether oxygens (including phenoxy) is 1. The summed E-state index contributed by atoms with van der Waals surface area (Å²) >= 11 is 0. The Hall–Kier alpha value is -2.50. The zero-order valence-corrected chi connectivity index (χ0v) is 10.9. The zero-order valence-electron chi connectivity index (χ0n) is 10.9. The molecule has 0 spiro atoms. The Balaban J connectivity index is 2.50. The molecule has 0 bridgehead atoms. The second-order valence-corrected chi connectivity index (χ2v) is 4.30. The van der Waals surface area contributed by atoms with Crippen LogP contribution in [0.15, 0.2) is 42.5 Å². The number of carbonyl (C=O) groups is 1. The van der Waals surface area contributed by atoms with E-state index in [-0.39, 0.29) is 16.7 Å². The van der Waals surface area contributed by atoms with Crippen LogP contribution in [0.2, 0.25) is 0 Å². The maximum absolute atomic E-state index is 13.0. The van der Waals surface area contributed by atoms with Crippen LogP contribution in [0, 0.1) is 0 Å². The highest BCUT2D eigenvalue weighted by molar-refractivity contribution is 5.90. The highest BCUT2D eigenvalue weighted by Gasteiger charge is 2.34. The van der Waals surface area contributed by atoms with Gasteiger partial charge in [0.1, 0.15) is 5.75 Å². The Kier molecular flexibility index (Phi) is 3.88. The number of carbonyl (C=O) groups excluding carboxylic acids is 1. The molecule has 1 N–H and O–H groups in total. The summed E-state index contributed by atoms with van der Waals surface area (Å²) in [7, 11) is 1.22. The minimum absolute atomic E-state index is 0.0725. The van der Waals surface area contributed by atoms with Gasteiger partial charge in [0.15, 0.2) is 0 Å². The second kappa shape index (κ2) is 5.47. The molecule has 0 aliphatic rings. The van der Waals surface area contributed by atoms with E-state index in [9.17, 15) is 23.1 Å². The Bertz CT molecular complexity index is 661. The zero-order chi connectivity index (χ0) is 15.6. The third-order valence-corrected chi connectivity index (χ3v) is 2.93. The summed E-state index contributed by atoms with van der Waals surface area (Å²) in [6.07, 6.45) is -4.59. The van der Waals surface area contributed by atoms with Gasteiger partial charge >= 0.3 is 12.1 Å². The van der Waals surface area contributed by atoms with E-state index in [2.05, 4.69) is 4.74 Å². The molecule has 6 heteroatoms. The monoisotopic (exact) mass is 296 g/mol. The molecule has 0 heterocycles. The second-order valence-electron chi connectivity index (χ2n) is 4.30. The van der Waals surface area contributed by atoms with Crippen molar-refractivity contribution in [3.8, 4) is 16.9 Å². The summed E-state index contributed by atoms with van der Waals surface area (Å²) in [5.74, 6) is -1.03. The third-order valence-electron chi connectivity index (χ3n) is 2.93. The first kappa shape index (κ1) is 14.9. The van der Waals surface area contributed by atoms with Crippen molar-refractivity contribution in [2.75, 3.05) is 7.11 Å². The first-order valence-electron chi connectivity index (χ1n) is 5.92. The van der Waals surface area contributed by atoms with Gasteiger partial charge in [0.05, 0.1) is 18.2 Å². The van der Waals surface area contributed by atoms with E-state index < -0.39 is 23.5 Å². The number of phenols is 1. The summed E-state index contributed by atoms with van der Waals surface area (Å²) in [5, 5.41) is 9.24. The number of alkyl halides is 3. The number of benzene rings is 2. The lowest BCUT2D eigenvalue weighted by Gasteiger charge is -2.13. The van der Waals surface area contributed by atoms with Gasteiger partial charge < -0.3 is 9.84 Å². The van der Waals surface area contributed by atoms with Crippen LogP contribution in [0.3, 0.4) is 0 Å². The molecule has 0 atom stereocenters. The maximum atomic E-state index is 13.0. The van der Waals surface area contributed by atoms with Crippen molar-refractivity contribution in [2.45, 2.75) is 6.18 Å². The van der Waals surface area contributed by atoms with Crippen LogP contribution in [-0.4, -0.2) is 18.2 Å². The van der Waals surface area contributed by atoms with Crippen molar-refractivity contribution in [1.82, 2.24) is 0 Å². The van der Waals surface area contributed by atoms with Gasteiger partial charge in [0, 0.05) is 0 Å². The van der Waals surface area contributed by atoms with E-state index in [4.69, 9.17) is 0 Å². The van der Waals surface area contributed by atoms with Crippen LogP contribution in [-0.2, 0) is 10.9 Å². The molecule has 0 saturated carbocycles. The molecule has 0 unspecified atom stereocenters. The summed E-state index contributed by atoms with van der Waals surface area (Å²) in [4.78, 5) is 11.3. The molecule has 2 rings (SSSR count). The molecule has 2 aromatic rings. The van der Waals surface area contributed by atoms with E-state index in [1.807, 2.05) is 0 Å². The maximum Gasteiger partial charge on any atom is 0.417 e. The molecule has 0 aromatic heterocycles. The molecule has 0 radical (unpaired) electrons. The highest BCUT2D eigenvalue weighted by Crippen LogP contribution is 2.38. The van der Waals surface area contributed by atoms with Crippen molar-refractivity contribution in [3.05, 3.63) is 53.6 Å². The molecule has 2 aromatic carbocycles. The third kappa shape index (κ3) is 3.16. The molecule has 0 aliphatic carbocycles. The van der Waals surface area contributed by atoms with Crippen LogP contribution in [0.4, 0.5) is 13.2 Å². The first-order chi connectivity index (χ1) is 9.82. The minimum atomic E-state index is -4.59. The molecule has 0 aliphatic heterocycles. The van der Waals surface area contributed by atoms with Crippen LogP contribution < -0.4 is 0 Å². The Morgan fingerprint density at radius 1 is 1.10 bits per heavy atom. The summed E-state index contributed by atoms with van der Waals surface area (Å²) in [6.45, 7) is 0. The van der Waals surface area contributed by atoms with Crippen molar-refractivity contribution < 1.29 is 27.8 Å². The highest BCUT2D eigenvalue weighted by atomic mass is 19.4. The average Bonchev–Trinajstić information content (AvgIpc) is 2.45. The molecular formula is C15H11F3O3. The molecule has 0 fully saturated rings. The van der Waals surface area contributed by atoms with Crippen LogP contribution in [0.1, 0.15) is 15.9 Å². The van der Waals surface area contributed by atoms with Gasteiger partial charge in [-0.1, -0.05) is 18.2 Å². The van der Waals surface area contributed by atoms with Gasteiger partial charge in [-0.3, -0.25) is 0 Å². The fourth-order valence-corrected chi connectivity index (χ4v) is 1.92. The quantitative estimate of drug-likeness (QED) is 0.856. The molecule has 0 amide bonds. The van der Waals surface area contributed by atoms with Gasteiger partial charge in [0.25, 0.3) is 0 Å². The smallest absolute Gasteiger partial charge is 0.417 e. The molecule has 21 heavy (non-hydrogen) atoms. The van der Waals surface area contributed by atoms with Crippen molar-refractivity contribution in [3.63, 3.8) is 0 Å². The van der Waals surface area contributed by atoms with Gasteiger partial charge in [-0.2, -0.15) is 13.2 Å². The number of aromatic hydroxyl groups is 1. The van der Waals surface area contributed by atoms with Gasteiger partial charge in [-0.25, -0.2) is 4.79 Å². The van der Waals surface area contributed by atoms with Gasteiger partial charge in [-0.05, 0) is 35.4 Å². The Morgan fingerprint density at radius 2 is 1.71 bits per heavy atom. The van der Waals surface area contributed by atoms with Crippen molar-refractivity contribution in [1.29, 1.82) is 0 Å². The summed E-state index contributed by atoms with van der Waals surface area (Å²) in [5.41, 5.74) is -0.478. The topological polar surface area (TPSA) is 46.5 Å². The summed E-state index contributed by atoms with van der Waals surface area (Å²) < 4.78 is 43.5. The standard InChI is InChI=1S/C15H11F3O3/c1-21-14(20)10-4-2-9(3-5-10)12-7-6-11(19)8-13(12)15(16,17)18/h2-8,19H,1H3. The largest absolute Gasteiger partial charge is 0.508 e. The van der Waals surface area contributed by atoms with Crippen LogP contribution in [0.5, 0.6) is 5.75 Å². The van der Waals surface area contributed by atoms with Gasteiger partial charge in [0.2, 0.25) is 0 Å². The predicted molar refractivity (Wildman–Crippen MR) is 69.9 cm³/mol. The number of methoxy groups -OCH3 is 1. The molecular weight excluding hydrogens is 285 g/mol. The SMILES string of the molecule is COC(=O)c1ccc(-c2ccc(O)cc2C(F)(F)F)cc1. The lowest BCUT2D eigenvalue weighted by Crippen LogP contribution is -2.07. The minimum Gasteiger partial charge on any atom is -0.508 e. The van der Waals surface area contributed by atoms with Crippen molar-refractivity contribution >= 4 is 5.97 Å². The number of hydrogen-bond donors (Lipinski definition) is 1. The number of hydrogen-bond acceptors (Lipinski definition) is 3. The summed E-state index contributed by atoms with van der Waals surface area (Å²) in [6, 6.07) is 8.59. The van der Waals surface area contributed by atoms with E-state index in [1.54, 1.807) is 0 Å². The number of esters is 1. The van der Waals surface area contributed by atoms with Crippen LogP contribution in [0.25, 0.3) is 11.1 Å². The van der Waals surface area contributed by atoms with Crippen LogP contribution >= 0.6 is 0 Å². The van der Waals surface area contributed by atoms with E-state index in [0.29, 0.717) is 6.07 Å². The fourth-order valence-electron chi connectivity index (χ4n) is 1.92. The molecule has 3 nitrogen and oxygen atoms in total. The lowest BCUT2D eigenvalue weighted by atomic mass is 9.98. The van der Waals surface area contributed by atoms with Gasteiger partial charge in [-0.15, -0.1) is 0 Å². The normalized spacial score (nSPS) is 11.2. The first-order valence-corrected chi connectivity index (χ1v) is 5.92. The predicted octanol–water partition coefficient (Wildman–Crippen LogP) is 3.86. The fraction of sp³-hybridized carbons (Fsp3) is 0.133. The molecule has 0 saturated heterocycles. The van der Waals surface area contributed by atoms with E-state index >= 15 is 0 Å². The van der Waals surface area contributed by atoms with E-state index in [0.717, 1.165) is 0 Å². The number of halogens is 3. The Labute approximate surface area is 118 Å². The average molecular weight is 296 g/mol. The van der Waals surface area contributed by atoms with Crippen molar-refractivity contribution in [2.24, 2.45) is 0 Å². The Morgan fingerprint density at radius 3 is 2.24 bits per heavy atom.